The molecule has 1 N–H and O–H groups in total. The first-order chi connectivity index (χ1) is 13.7. The normalized spacial score (nSPS) is 21.7. The molecule has 1 unspecified atom stereocenters. The lowest BCUT2D eigenvalue weighted by Crippen LogP contribution is -2.37. The largest absolute Gasteiger partial charge is 0.379 e. The number of aromatic nitrogens is 3. The maximum absolute atomic E-state index is 5.48. The zero-order valence-corrected chi connectivity index (χ0v) is 17.1. The molecule has 0 aromatic carbocycles. The minimum atomic E-state index is 0.530. The molecule has 0 bridgehead atoms. The minimum absolute atomic E-state index is 0.530. The monoisotopic (exact) mass is 384 g/mol. The van der Waals surface area contributed by atoms with E-state index < -0.39 is 0 Å². The Labute approximate surface area is 167 Å². The van der Waals surface area contributed by atoms with Gasteiger partial charge in [0.15, 0.2) is 0 Å². The van der Waals surface area contributed by atoms with Gasteiger partial charge >= 0.3 is 0 Å². The Morgan fingerprint density at radius 1 is 1.18 bits per heavy atom. The van der Waals surface area contributed by atoms with E-state index in [1.807, 2.05) is 26.5 Å². The highest BCUT2D eigenvalue weighted by Gasteiger charge is 2.25. The summed E-state index contributed by atoms with van der Waals surface area (Å²) in [5.74, 6) is 1.55. The zero-order valence-electron chi connectivity index (χ0n) is 17.1. The molecule has 2 aromatic rings. The number of piperidine rings is 1. The molecular weight excluding hydrogens is 352 g/mol. The molecule has 0 aliphatic carbocycles. The summed E-state index contributed by atoms with van der Waals surface area (Å²) in [5, 5.41) is 7.71. The van der Waals surface area contributed by atoms with Crippen LogP contribution in [-0.4, -0.2) is 78.5 Å². The molecule has 4 rings (SSSR count). The lowest BCUT2D eigenvalue weighted by molar-refractivity contribution is 0.0339. The molecule has 152 valence electrons. The molecule has 2 fully saturated rings. The first-order valence-electron chi connectivity index (χ1n) is 10.4. The van der Waals surface area contributed by atoms with Gasteiger partial charge in [-0.15, -0.1) is 0 Å². The van der Waals surface area contributed by atoms with Crippen LogP contribution >= 0.6 is 0 Å². The minimum Gasteiger partial charge on any atom is -0.379 e. The van der Waals surface area contributed by atoms with Crippen molar-refractivity contribution < 1.29 is 4.74 Å². The molecule has 0 radical (unpaired) electrons. The fourth-order valence-corrected chi connectivity index (χ4v) is 4.30. The summed E-state index contributed by atoms with van der Waals surface area (Å²) in [5.41, 5.74) is 4.02. The summed E-state index contributed by atoms with van der Waals surface area (Å²) >= 11 is 0. The SMILES string of the molecule is CN(C)c1cc(CN2CCCC(c3[nH]ncc3CN3CCOCC3)C2)ccn1. The number of hydrogen-bond donors (Lipinski definition) is 1. The average molecular weight is 385 g/mol. The van der Waals surface area contributed by atoms with Crippen LogP contribution in [0.25, 0.3) is 0 Å². The van der Waals surface area contributed by atoms with Crippen LogP contribution in [0.1, 0.15) is 35.6 Å². The van der Waals surface area contributed by atoms with Crippen LogP contribution in [-0.2, 0) is 17.8 Å². The topological polar surface area (TPSA) is 60.5 Å². The van der Waals surface area contributed by atoms with Gasteiger partial charge in [-0.25, -0.2) is 4.98 Å². The van der Waals surface area contributed by atoms with Crippen molar-refractivity contribution in [3.63, 3.8) is 0 Å². The molecule has 4 heterocycles. The van der Waals surface area contributed by atoms with Gasteiger partial charge in [-0.3, -0.25) is 14.9 Å². The van der Waals surface area contributed by atoms with Gasteiger partial charge in [-0.05, 0) is 37.1 Å². The maximum atomic E-state index is 5.48. The van der Waals surface area contributed by atoms with Gasteiger partial charge in [-0.1, -0.05) is 0 Å². The Bertz CT molecular complexity index is 755. The van der Waals surface area contributed by atoms with Crippen molar-refractivity contribution in [2.45, 2.75) is 31.8 Å². The molecular formula is C21H32N6O. The molecule has 2 aliphatic heterocycles. The fraction of sp³-hybridized carbons (Fsp3) is 0.619. The van der Waals surface area contributed by atoms with Crippen molar-refractivity contribution in [2.75, 3.05) is 58.4 Å². The van der Waals surface area contributed by atoms with Crippen molar-refractivity contribution >= 4 is 5.82 Å². The van der Waals surface area contributed by atoms with E-state index in [4.69, 9.17) is 4.74 Å². The van der Waals surface area contributed by atoms with Crippen LogP contribution in [0.2, 0.25) is 0 Å². The molecule has 1 atom stereocenters. The molecule has 7 heteroatoms. The predicted octanol–water partition coefficient (Wildman–Crippen LogP) is 2.08. The Morgan fingerprint density at radius 3 is 2.86 bits per heavy atom. The van der Waals surface area contributed by atoms with Gasteiger partial charge in [0, 0.05) is 70.2 Å². The first kappa shape index (κ1) is 19.4. The average Bonchev–Trinajstić information content (AvgIpc) is 3.17. The number of morpholine rings is 1. The quantitative estimate of drug-likeness (QED) is 0.823. The predicted molar refractivity (Wildman–Crippen MR) is 110 cm³/mol. The van der Waals surface area contributed by atoms with E-state index in [2.05, 4.69) is 42.0 Å². The molecule has 0 amide bonds. The second kappa shape index (κ2) is 9.03. The van der Waals surface area contributed by atoms with Gasteiger partial charge in [0.2, 0.25) is 0 Å². The highest BCUT2D eigenvalue weighted by molar-refractivity contribution is 5.39. The van der Waals surface area contributed by atoms with Gasteiger partial charge in [0.1, 0.15) is 5.82 Å². The number of aromatic amines is 1. The number of ether oxygens (including phenoxy) is 1. The summed E-state index contributed by atoms with van der Waals surface area (Å²) < 4.78 is 5.48. The molecule has 28 heavy (non-hydrogen) atoms. The second-order valence-corrected chi connectivity index (χ2v) is 8.19. The number of nitrogens with zero attached hydrogens (tertiary/aromatic N) is 5. The number of anilines is 1. The summed E-state index contributed by atoms with van der Waals surface area (Å²) in [6, 6.07) is 4.33. The molecule has 2 aliphatic rings. The maximum Gasteiger partial charge on any atom is 0.128 e. The van der Waals surface area contributed by atoms with E-state index in [0.29, 0.717) is 5.92 Å². The zero-order chi connectivity index (χ0) is 19.3. The van der Waals surface area contributed by atoms with E-state index in [-0.39, 0.29) is 0 Å². The van der Waals surface area contributed by atoms with Crippen LogP contribution < -0.4 is 4.90 Å². The van der Waals surface area contributed by atoms with E-state index in [0.717, 1.165) is 58.3 Å². The van der Waals surface area contributed by atoms with Crippen molar-refractivity contribution in [2.24, 2.45) is 0 Å². The Hall–Kier alpha value is -1.96. The summed E-state index contributed by atoms with van der Waals surface area (Å²) in [6.45, 7) is 7.89. The van der Waals surface area contributed by atoms with Crippen LogP contribution in [0.15, 0.2) is 24.5 Å². The highest BCUT2D eigenvalue weighted by Crippen LogP contribution is 2.29. The van der Waals surface area contributed by atoms with Crippen LogP contribution in [0.3, 0.4) is 0 Å². The molecule has 7 nitrogen and oxygen atoms in total. The molecule has 0 saturated carbocycles. The third-order valence-corrected chi connectivity index (χ3v) is 5.84. The summed E-state index contributed by atoms with van der Waals surface area (Å²) in [7, 11) is 4.08. The number of rotatable bonds is 6. The number of likely N-dealkylation sites (tertiary alicyclic amines) is 1. The van der Waals surface area contributed by atoms with Crippen molar-refractivity contribution in [1.29, 1.82) is 0 Å². The Kier molecular flexibility index (Phi) is 6.24. The standard InChI is InChI=1S/C21H32N6O/c1-25(2)20-12-17(5-6-22-20)14-27-7-3-4-18(15-27)21-19(13-23-24-21)16-26-8-10-28-11-9-26/h5-6,12-13,18H,3-4,7-11,14-16H2,1-2H3,(H,23,24). The smallest absolute Gasteiger partial charge is 0.128 e. The second-order valence-electron chi connectivity index (χ2n) is 8.19. The van der Waals surface area contributed by atoms with Crippen molar-refractivity contribution in [3.05, 3.63) is 41.3 Å². The molecule has 0 spiro atoms. The number of hydrogen-bond acceptors (Lipinski definition) is 6. The number of nitrogens with one attached hydrogen (secondary N) is 1. The lowest BCUT2D eigenvalue weighted by Gasteiger charge is -2.33. The van der Waals surface area contributed by atoms with Gasteiger partial charge in [0.25, 0.3) is 0 Å². The van der Waals surface area contributed by atoms with E-state index in [9.17, 15) is 0 Å². The van der Waals surface area contributed by atoms with Gasteiger partial charge in [-0.2, -0.15) is 5.10 Å². The number of pyridine rings is 1. The molecule has 2 saturated heterocycles. The van der Waals surface area contributed by atoms with Crippen molar-refractivity contribution in [3.8, 4) is 0 Å². The van der Waals surface area contributed by atoms with Crippen LogP contribution in [0.5, 0.6) is 0 Å². The van der Waals surface area contributed by atoms with Crippen molar-refractivity contribution in [1.82, 2.24) is 25.0 Å². The third-order valence-electron chi connectivity index (χ3n) is 5.84. The fourth-order valence-electron chi connectivity index (χ4n) is 4.30. The van der Waals surface area contributed by atoms with Gasteiger partial charge in [0.05, 0.1) is 19.4 Å². The highest BCUT2D eigenvalue weighted by atomic mass is 16.5. The van der Waals surface area contributed by atoms with Gasteiger partial charge < -0.3 is 9.64 Å². The van der Waals surface area contributed by atoms with E-state index in [1.54, 1.807) is 0 Å². The van der Waals surface area contributed by atoms with Crippen LogP contribution in [0.4, 0.5) is 5.82 Å². The Morgan fingerprint density at radius 2 is 2.04 bits per heavy atom. The van der Waals surface area contributed by atoms with Crippen LogP contribution in [0, 0.1) is 0 Å². The van der Waals surface area contributed by atoms with E-state index >= 15 is 0 Å². The lowest BCUT2D eigenvalue weighted by atomic mass is 9.92. The first-order valence-corrected chi connectivity index (χ1v) is 10.4. The van der Waals surface area contributed by atoms with E-state index in [1.165, 1.54) is 29.7 Å². The molecule has 2 aromatic heterocycles. The third kappa shape index (κ3) is 4.71. The summed E-state index contributed by atoms with van der Waals surface area (Å²) in [4.78, 5) is 11.5. The summed E-state index contributed by atoms with van der Waals surface area (Å²) in [6.07, 6.45) is 6.40. The Balaban J connectivity index is 1.40. The number of H-pyrrole nitrogens is 1.